The van der Waals surface area contributed by atoms with Gasteiger partial charge in [0.15, 0.2) is 11.6 Å². The molecule has 4 nitrogen and oxygen atoms in total. The van der Waals surface area contributed by atoms with Crippen LogP contribution < -0.4 is 5.32 Å². The molecular formula is C13H20FN3OS. The van der Waals surface area contributed by atoms with Gasteiger partial charge in [0, 0.05) is 32.1 Å². The molecule has 0 aliphatic carbocycles. The average molecular weight is 285 g/mol. The van der Waals surface area contributed by atoms with Gasteiger partial charge in [0.1, 0.15) is 0 Å². The van der Waals surface area contributed by atoms with Crippen LogP contribution in [-0.4, -0.2) is 47.9 Å². The SMILES string of the molecule is CCCNc1nccc(C(=O)N(C)CCSC)c1F. The van der Waals surface area contributed by atoms with Gasteiger partial charge in [0.2, 0.25) is 0 Å². The van der Waals surface area contributed by atoms with Crippen molar-refractivity contribution >= 4 is 23.5 Å². The normalized spacial score (nSPS) is 10.3. The molecule has 19 heavy (non-hydrogen) atoms. The fourth-order valence-electron chi connectivity index (χ4n) is 1.51. The Balaban J connectivity index is 2.84. The molecule has 1 rings (SSSR count). The maximum absolute atomic E-state index is 14.2. The number of halogens is 1. The van der Waals surface area contributed by atoms with Gasteiger partial charge in [-0.3, -0.25) is 4.79 Å². The second kappa shape index (κ2) is 7.99. The van der Waals surface area contributed by atoms with Crippen LogP contribution in [0.1, 0.15) is 23.7 Å². The van der Waals surface area contributed by atoms with Crippen molar-refractivity contribution in [3.8, 4) is 0 Å². The fraction of sp³-hybridized carbons (Fsp3) is 0.538. The second-order valence-electron chi connectivity index (χ2n) is 4.17. The van der Waals surface area contributed by atoms with Gasteiger partial charge in [-0.2, -0.15) is 11.8 Å². The van der Waals surface area contributed by atoms with Crippen LogP contribution in [0, 0.1) is 5.82 Å². The van der Waals surface area contributed by atoms with E-state index in [2.05, 4.69) is 10.3 Å². The predicted octanol–water partition coefficient (Wildman–Crippen LogP) is 2.48. The number of hydrogen-bond acceptors (Lipinski definition) is 4. The van der Waals surface area contributed by atoms with E-state index < -0.39 is 5.82 Å². The predicted molar refractivity (Wildman–Crippen MR) is 78.3 cm³/mol. The summed E-state index contributed by atoms with van der Waals surface area (Å²) in [7, 11) is 1.68. The van der Waals surface area contributed by atoms with Crippen molar-refractivity contribution in [1.82, 2.24) is 9.88 Å². The van der Waals surface area contributed by atoms with E-state index in [9.17, 15) is 9.18 Å². The Labute approximate surface area is 117 Å². The molecule has 6 heteroatoms. The lowest BCUT2D eigenvalue weighted by atomic mass is 10.2. The number of anilines is 1. The molecule has 0 aliphatic heterocycles. The molecule has 1 heterocycles. The van der Waals surface area contributed by atoms with Crippen LogP contribution in [-0.2, 0) is 0 Å². The second-order valence-corrected chi connectivity index (χ2v) is 5.15. The van der Waals surface area contributed by atoms with E-state index in [0.717, 1.165) is 12.2 Å². The Bertz CT molecular complexity index is 428. The summed E-state index contributed by atoms with van der Waals surface area (Å²) < 4.78 is 14.2. The summed E-state index contributed by atoms with van der Waals surface area (Å²) >= 11 is 1.65. The molecular weight excluding hydrogens is 265 g/mol. The number of carbonyl (C=O) groups is 1. The van der Waals surface area contributed by atoms with Crippen molar-refractivity contribution in [2.45, 2.75) is 13.3 Å². The Morgan fingerprint density at radius 2 is 2.32 bits per heavy atom. The van der Waals surface area contributed by atoms with Crippen molar-refractivity contribution in [3.05, 3.63) is 23.6 Å². The zero-order valence-corrected chi connectivity index (χ0v) is 12.4. The van der Waals surface area contributed by atoms with Crippen molar-refractivity contribution in [3.63, 3.8) is 0 Å². The molecule has 0 spiro atoms. The lowest BCUT2D eigenvalue weighted by molar-refractivity contribution is 0.0799. The molecule has 1 amide bonds. The molecule has 0 aromatic carbocycles. The van der Waals surface area contributed by atoms with Gasteiger partial charge in [0.25, 0.3) is 5.91 Å². The van der Waals surface area contributed by atoms with Crippen LogP contribution >= 0.6 is 11.8 Å². The lowest BCUT2D eigenvalue weighted by Gasteiger charge is -2.17. The number of rotatable bonds is 7. The van der Waals surface area contributed by atoms with Gasteiger partial charge >= 0.3 is 0 Å². The van der Waals surface area contributed by atoms with Gasteiger partial charge in [-0.15, -0.1) is 0 Å². The summed E-state index contributed by atoms with van der Waals surface area (Å²) in [6.07, 6.45) is 4.29. The third kappa shape index (κ3) is 4.38. The number of aromatic nitrogens is 1. The molecule has 0 fully saturated rings. The Morgan fingerprint density at radius 3 is 2.95 bits per heavy atom. The summed E-state index contributed by atoms with van der Waals surface area (Å²) in [5.74, 6) is 0.0898. The van der Waals surface area contributed by atoms with Gasteiger partial charge < -0.3 is 10.2 Å². The molecule has 1 N–H and O–H groups in total. The number of thioether (sulfide) groups is 1. The monoisotopic (exact) mass is 285 g/mol. The summed E-state index contributed by atoms with van der Waals surface area (Å²) in [5, 5.41) is 2.88. The van der Waals surface area contributed by atoms with E-state index in [1.807, 2.05) is 13.2 Å². The van der Waals surface area contributed by atoms with Gasteiger partial charge in [0.05, 0.1) is 5.56 Å². The maximum atomic E-state index is 14.2. The topological polar surface area (TPSA) is 45.2 Å². The first-order chi connectivity index (χ1) is 9.11. The summed E-state index contributed by atoms with van der Waals surface area (Å²) in [6.45, 7) is 3.21. The lowest BCUT2D eigenvalue weighted by Crippen LogP contribution is -2.30. The standard InChI is InChI=1S/C13H20FN3OS/c1-4-6-15-12-11(14)10(5-7-16-12)13(18)17(2)8-9-19-3/h5,7H,4,6,8-9H2,1-3H3,(H,15,16). The average Bonchev–Trinajstić information content (AvgIpc) is 2.43. The molecule has 0 unspecified atom stereocenters. The Kier molecular flexibility index (Phi) is 6.62. The van der Waals surface area contributed by atoms with Gasteiger partial charge in [-0.1, -0.05) is 6.92 Å². The highest BCUT2D eigenvalue weighted by molar-refractivity contribution is 7.98. The molecule has 1 aromatic rings. The zero-order chi connectivity index (χ0) is 14.3. The number of amides is 1. The van der Waals surface area contributed by atoms with E-state index in [4.69, 9.17) is 0 Å². The van der Waals surface area contributed by atoms with Crippen molar-refractivity contribution in [2.24, 2.45) is 0 Å². The molecule has 106 valence electrons. The minimum atomic E-state index is -0.572. The number of nitrogens with one attached hydrogen (secondary N) is 1. The molecule has 0 atom stereocenters. The molecule has 0 saturated heterocycles. The van der Waals surface area contributed by atoms with E-state index in [0.29, 0.717) is 13.1 Å². The van der Waals surface area contributed by atoms with E-state index in [1.54, 1.807) is 18.8 Å². The van der Waals surface area contributed by atoms with E-state index >= 15 is 0 Å². The fourth-order valence-corrected chi connectivity index (χ4v) is 1.97. The Hall–Kier alpha value is -1.30. The molecule has 0 radical (unpaired) electrons. The number of carbonyl (C=O) groups excluding carboxylic acids is 1. The first kappa shape index (κ1) is 15.8. The molecule has 0 aliphatic rings. The van der Waals surface area contributed by atoms with Crippen LogP contribution in [0.25, 0.3) is 0 Å². The minimum absolute atomic E-state index is 0.0669. The number of hydrogen-bond donors (Lipinski definition) is 1. The van der Waals surface area contributed by atoms with Crippen LogP contribution in [0.15, 0.2) is 12.3 Å². The van der Waals surface area contributed by atoms with Crippen LogP contribution in [0.4, 0.5) is 10.2 Å². The Morgan fingerprint density at radius 1 is 1.58 bits per heavy atom. The number of nitrogens with zero attached hydrogens (tertiary/aromatic N) is 2. The summed E-state index contributed by atoms with van der Waals surface area (Å²) in [4.78, 5) is 17.6. The minimum Gasteiger partial charge on any atom is -0.368 e. The van der Waals surface area contributed by atoms with Crippen molar-refractivity contribution in [1.29, 1.82) is 0 Å². The zero-order valence-electron chi connectivity index (χ0n) is 11.6. The number of pyridine rings is 1. The van der Waals surface area contributed by atoms with Crippen LogP contribution in [0.2, 0.25) is 0 Å². The van der Waals surface area contributed by atoms with Crippen molar-refractivity contribution in [2.75, 3.05) is 37.5 Å². The maximum Gasteiger partial charge on any atom is 0.256 e. The highest BCUT2D eigenvalue weighted by atomic mass is 32.2. The first-order valence-electron chi connectivity index (χ1n) is 6.24. The van der Waals surface area contributed by atoms with E-state index in [1.165, 1.54) is 17.2 Å². The largest absolute Gasteiger partial charge is 0.368 e. The van der Waals surface area contributed by atoms with Gasteiger partial charge in [-0.25, -0.2) is 9.37 Å². The van der Waals surface area contributed by atoms with Crippen molar-refractivity contribution < 1.29 is 9.18 Å². The first-order valence-corrected chi connectivity index (χ1v) is 7.64. The van der Waals surface area contributed by atoms with Crippen LogP contribution in [0.3, 0.4) is 0 Å². The quantitative estimate of drug-likeness (QED) is 0.836. The highest BCUT2D eigenvalue weighted by Crippen LogP contribution is 2.16. The summed E-state index contributed by atoms with van der Waals surface area (Å²) in [6, 6.07) is 1.42. The summed E-state index contributed by atoms with van der Waals surface area (Å²) in [5.41, 5.74) is 0.0669. The van der Waals surface area contributed by atoms with E-state index in [-0.39, 0.29) is 17.3 Å². The molecule has 0 saturated carbocycles. The highest BCUT2D eigenvalue weighted by Gasteiger charge is 2.18. The third-order valence-electron chi connectivity index (χ3n) is 2.64. The van der Waals surface area contributed by atoms with Crippen LogP contribution in [0.5, 0.6) is 0 Å². The van der Waals surface area contributed by atoms with Gasteiger partial charge in [-0.05, 0) is 18.7 Å². The molecule has 0 bridgehead atoms. The third-order valence-corrected chi connectivity index (χ3v) is 3.23. The molecule has 1 aromatic heterocycles. The smallest absolute Gasteiger partial charge is 0.256 e.